The van der Waals surface area contributed by atoms with E-state index < -0.39 is 4.92 Å². The van der Waals surface area contributed by atoms with Crippen LogP contribution in [-0.4, -0.2) is 16.5 Å². The topological polar surface area (TPSA) is 68.1 Å². The molecule has 1 heterocycles. The molecular weight excluding hydrogens is 242 g/mol. The molecule has 0 saturated carbocycles. The van der Waals surface area contributed by atoms with E-state index in [2.05, 4.69) is 31.1 Å². The van der Waals surface area contributed by atoms with Crippen LogP contribution in [0.2, 0.25) is 5.02 Å². The SMILES string of the molecule is CCC(C)(C)CNc1ncc(Cl)cc1[N+](=O)[O-]. The summed E-state index contributed by atoms with van der Waals surface area (Å²) in [6.07, 6.45) is 2.37. The lowest BCUT2D eigenvalue weighted by Crippen LogP contribution is -2.22. The summed E-state index contributed by atoms with van der Waals surface area (Å²) in [5.74, 6) is 0.265. The fraction of sp³-hybridized carbons (Fsp3) is 0.545. The highest BCUT2D eigenvalue weighted by molar-refractivity contribution is 6.30. The van der Waals surface area contributed by atoms with Gasteiger partial charge in [0.15, 0.2) is 0 Å². The molecule has 0 aliphatic heterocycles. The Morgan fingerprint density at radius 1 is 1.59 bits per heavy atom. The van der Waals surface area contributed by atoms with E-state index in [1.54, 1.807) is 0 Å². The molecule has 0 aliphatic rings. The van der Waals surface area contributed by atoms with Crippen molar-refractivity contribution in [1.82, 2.24) is 4.98 Å². The number of pyridine rings is 1. The van der Waals surface area contributed by atoms with Gasteiger partial charge in [0.05, 0.1) is 9.95 Å². The van der Waals surface area contributed by atoms with Crippen LogP contribution in [0.25, 0.3) is 0 Å². The number of halogens is 1. The maximum atomic E-state index is 10.8. The third-order valence-electron chi connectivity index (χ3n) is 2.72. The largest absolute Gasteiger partial charge is 0.364 e. The van der Waals surface area contributed by atoms with Crippen molar-refractivity contribution in [3.63, 3.8) is 0 Å². The van der Waals surface area contributed by atoms with Gasteiger partial charge in [-0.05, 0) is 11.8 Å². The highest BCUT2D eigenvalue weighted by Crippen LogP contribution is 2.27. The van der Waals surface area contributed by atoms with Gasteiger partial charge in [-0.2, -0.15) is 0 Å². The molecule has 1 aromatic heterocycles. The van der Waals surface area contributed by atoms with Crippen molar-refractivity contribution >= 4 is 23.1 Å². The predicted molar refractivity (Wildman–Crippen MR) is 68.5 cm³/mol. The Hall–Kier alpha value is -1.36. The molecule has 0 fully saturated rings. The maximum Gasteiger partial charge on any atom is 0.312 e. The average molecular weight is 258 g/mol. The molecule has 94 valence electrons. The monoisotopic (exact) mass is 257 g/mol. The van der Waals surface area contributed by atoms with E-state index in [1.807, 2.05) is 0 Å². The van der Waals surface area contributed by atoms with Crippen LogP contribution < -0.4 is 5.32 Å². The molecule has 17 heavy (non-hydrogen) atoms. The standard InChI is InChI=1S/C11H16ClN3O2/c1-4-11(2,3)7-14-10-9(15(16)17)5-8(12)6-13-10/h5-6H,4,7H2,1-3H3,(H,13,14). The third kappa shape index (κ3) is 3.85. The van der Waals surface area contributed by atoms with Crippen LogP contribution in [0, 0.1) is 15.5 Å². The smallest absolute Gasteiger partial charge is 0.312 e. The van der Waals surface area contributed by atoms with Crippen LogP contribution in [0.15, 0.2) is 12.3 Å². The Morgan fingerprint density at radius 3 is 2.76 bits per heavy atom. The molecule has 5 nitrogen and oxygen atoms in total. The normalized spacial score (nSPS) is 11.3. The second-order valence-corrected chi connectivity index (χ2v) is 5.09. The summed E-state index contributed by atoms with van der Waals surface area (Å²) in [5, 5.41) is 14.1. The molecule has 0 unspecified atom stereocenters. The molecule has 0 aromatic carbocycles. The summed E-state index contributed by atoms with van der Waals surface area (Å²) in [4.78, 5) is 14.3. The first-order chi connectivity index (χ1) is 7.85. The molecule has 0 saturated heterocycles. The van der Waals surface area contributed by atoms with Crippen molar-refractivity contribution in [2.75, 3.05) is 11.9 Å². The molecule has 0 bridgehead atoms. The van der Waals surface area contributed by atoms with Crippen LogP contribution in [0.4, 0.5) is 11.5 Å². The van der Waals surface area contributed by atoms with Gasteiger partial charge in [0.25, 0.3) is 0 Å². The van der Waals surface area contributed by atoms with Crippen LogP contribution in [0.5, 0.6) is 0 Å². The van der Waals surface area contributed by atoms with Crippen molar-refractivity contribution in [3.8, 4) is 0 Å². The van der Waals surface area contributed by atoms with Crippen LogP contribution in [0.1, 0.15) is 27.2 Å². The first-order valence-corrected chi connectivity index (χ1v) is 5.77. The summed E-state index contributed by atoms with van der Waals surface area (Å²) < 4.78 is 0. The van der Waals surface area contributed by atoms with Crippen molar-refractivity contribution < 1.29 is 4.92 Å². The van der Waals surface area contributed by atoms with E-state index in [0.717, 1.165) is 6.42 Å². The van der Waals surface area contributed by atoms with E-state index in [9.17, 15) is 10.1 Å². The van der Waals surface area contributed by atoms with Gasteiger partial charge in [-0.3, -0.25) is 10.1 Å². The number of nitro groups is 1. The molecule has 1 N–H and O–H groups in total. The molecule has 0 aliphatic carbocycles. The lowest BCUT2D eigenvalue weighted by Gasteiger charge is -2.22. The van der Waals surface area contributed by atoms with E-state index in [-0.39, 0.29) is 21.9 Å². The van der Waals surface area contributed by atoms with E-state index in [4.69, 9.17) is 11.6 Å². The van der Waals surface area contributed by atoms with Gasteiger partial charge in [-0.25, -0.2) is 4.98 Å². The number of aromatic nitrogens is 1. The second-order valence-electron chi connectivity index (χ2n) is 4.65. The fourth-order valence-electron chi connectivity index (χ4n) is 1.15. The molecule has 0 amide bonds. The summed E-state index contributed by atoms with van der Waals surface area (Å²) in [6, 6.07) is 1.30. The van der Waals surface area contributed by atoms with Crippen molar-refractivity contribution in [1.29, 1.82) is 0 Å². The fourth-order valence-corrected chi connectivity index (χ4v) is 1.30. The van der Waals surface area contributed by atoms with Gasteiger partial charge in [0.2, 0.25) is 5.82 Å². The number of nitrogens with zero attached hydrogens (tertiary/aromatic N) is 2. The first-order valence-electron chi connectivity index (χ1n) is 5.39. The van der Waals surface area contributed by atoms with Crippen LogP contribution in [0.3, 0.4) is 0 Å². The Labute approximate surface area is 105 Å². The Kier molecular flexibility index (Phi) is 4.28. The summed E-state index contributed by atoms with van der Waals surface area (Å²) >= 11 is 5.68. The molecule has 0 radical (unpaired) electrons. The Balaban J connectivity index is 2.88. The van der Waals surface area contributed by atoms with Gasteiger partial charge in [-0.15, -0.1) is 0 Å². The number of hydrogen-bond acceptors (Lipinski definition) is 4. The average Bonchev–Trinajstić information content (AvgIpc) is 2.27. The minimum absolute atomic E-state index is 0.0647. The lowest BCUT2D eigenvalue weighted by atomic mass is 9.90. The van der Waals surface area contributed by atoms with Crippen molar-refractivity contribution in [2.24, 2.45) is 5.41 Å². The quantitative estimate of drug-likeness (QED) is 0.648. The minimum atomic E-state index is -0.486. The van der Waals surface area contributed by atoms with Gasteiger partial charge in [0.1, 0.15) is 0 Å². The molecular formula is C11H16ClN3O2. The molecule has 0 atom stereocenters. The summed E-state index contributed by atoms with van der Waals surface area (Å²) in [6.45, 7) is 6.87. The zero-order chi connectivity index (χ0) is 13.1. The number of nitrogens with one attached hydrogen (secondary N) is 1. The summed E-state index contributed by atoms with van der Waals surface area (Å²) in [5.41, 5.74) is -0.0285. The number of anilines is 1. The van der Waals surface area contributed by atoms with E-state index in [1.165, 1.54) is 12.3 Å². The van der Waals surface area contributed by atoms with Gasteiger partial charge in [-0.1, -0.05) is 32.4 Å². The second kappa shape index (κ2) is 5.31. The zero-order valence-corrected chi connectivity index (χ0v) is 10.9. The molecule has 0 spiro atoms. The minimum Gasteiger partial charge on any atom is -0.364 e. The van der Waals surface area contributed by atoms with Crippen LogP contribution in [-0.2, 0) is 0 Å². The van der Waals surface area contributed by atoms with E-state index in [0.29, 0.717) is 6.54 Å². The van der Waals surface area contributed by atoms with Crippen LogP contribution >= 0.6 is 11.6 Å². The third-order valence-corrected chi connectivity index (χ3v) is 2.93. The van der Waals surface area contributed by atoms with E-state index >= 15 is 0 Å². The predicted octanol–water partition coefficient (Wildman–Crippen LogP) is 3.49. The Bertz CT molecular complexity index is 421. The lowest BCUT2D eigenvalue weighted by molar-refractivity contribution is -0.384. The van der Waals surface area contributed by atoms with Gasteiger partial charge < -0.3 is 5.32 Å². The number of rotatable bonds is 5. The Morgan fingerprint density at radius 2 is 2.24 bits per heavy atom. The summed E-state index contributed by atoms with van der Waals surface area (Å²) in [7, 11) is 0. The van der Waals surface area contributed by atoms with Crippen molar-refractivity contribution in [3.05, 3.63) is 27.4 Å². The highest BCUT2D eigenvalue weighted by atomic mass is 35.5. The van der Waals surface area contributed by atoms with Gasteiger partial charge in [0, 0.05) is 18.8 Å². The molecule has 6 heteroatoms. The molecule has 1 rings (SSSR count). The van der Waals surface area contributed by atoms with Crippen molar-refractivity contribution in [2.45, 2.75) is 27.2 Å². The maximum absolute atomic E-state index is 10.8. The number of hydrogen-bond donors (Lipinski definition) is 1. The molecule has 1 aromatic rings. The van der Waals surface area contributed by atoms with Gasteiger partial charge >= 0.3 is 5.69 Å². The first kappa shape index (κ1) is 13.7. The zero-order valence-electron chi connectivity index (χ0n) is 10.2. The highest BCUT2D eigenvalue weighted by Gasteiger charge is 2.20.